The molecule has 0 aliphatic carbocycles. The Morgan fingerprint density at radius 2 is 2.05 bits per heavy atom. The van der Waals surface area contributed by atoms with Crippen LogP contribution in [0.2, 0.25) is 0 Å². The van der Waals surface area contributed by atoms with Gasteiger partial charge in [0.1, 0.15) is 0 Å². The number of benzene rings is 1. The molecule has 110 valence electrons. The maximum atomic E-state index is 6.08. The summed E-state index contributed by atoms with van der Waals surface area (Å²) in [4.78, 5) is 2.48. The highest BCUT2D eigenvalue weighted by molar-refractivity contribution is 5.43. The summed E-state index contributed by atoms with van der Waals surface area (Å²) in [5.41, 5.74) is 7.37. The molecule has 1 fully saturated rings. The smallest absolute Gasteiger partial charge is 0.161 e. The Labute approximate surface area is 120 Å². The molecule has 2 aliphatic heterocycles. The van der Waals surface area contributed by atoms with Gasteiger partial charge in [-0.25, -0.2) is 0 Å². The molecule has 20 heavy (non-hydrogen) atoms. The molecule has 0 spiro atoms. The molecule has 2 aliphatic rings. The number of nitrogens with two attached hydrogens (primary N) is 1. The standard InChI is InChI=1S/C16H24N2O2/c1-12-10-18(6-5-14(12)17)11-13-3-4-15-16(9-13)20-8-2-7-19-15/h3-4,9,12,14H,2,5-8,10-11,17H2,1H3. The minimum atomic E-state index is 0.357. The topological polar surface area (TPSA) is 47.7 Å². The van der Waals surface area contributed by atoms with E-state index in [0.29, 0.717) is 12.0 Å². The highest BCUT2D eigenvalue weighted by atomic mass is 16.5. The highest BCUT2D eigenvalue weighted by Crippen LogP contribution is 2.31. The van der Waals surface area contributed by atoms with Crippen LogP contribution in [0, 0.1) is 5.92 Å². The molecule has 2 N–H and O–H groups in total. The van der Waals surface area contributed by atoms with E-state index in [4.69, 9.17) is 15.2 Å². The number of fused-ring (bicyclic) bond motifs is 1. The molecule has 2 unspecified atom stereocenters. The van der Waals surface area contributed by atoms with Crippen molar-refractivity contribution in [2.24, 2.45) is 11.7 Å². The first-order valence-electron chi connectivity index (χ1n) is 7.59. The van der Waals surface area contributed by atoms with Gasteiger partial charge in [0.15, 0.2) is 11.5 Å². The molecule has 4 nitrogen and oxygen atoms in total. The first-order valence-corrected chi connectivity index (χ1v) is 7.59. The lowest BCUT2D eigenvalue weighted by Crippen LogP contribution is -2.45. The van der Waals surface area contributed by atoms with Gasteiger partial charge in [0.05, 0.1) is 13.2 Å². The minimum absolute atomic E-state index is 0.357. The molecular weight excluding hydrogens is 252 g/mol. The summed E-state index contributed by atoms with van der Waals surface area (Å²) in [6.45, 7) is 6.86. The molecule has 0 aromatic heterocycles. The first kappa shape index (κ1) is 13.7. The van der Waals surface area contributed by atoms with Crippen LogP contribution in [0.3, 0.4) is 0 Å². The van der Waals surface area contributed by atoms with Crippen molar-refractivity contribution in [1.29, 1.82) is 0 Å². The van der Waals surface area contributed by atoms with Crippen molar-refractivity contribution in [2.75, 3.05) is 26.3 Å². The molecular formula is C16H24N2O2. The summed E-state index contributed by atoms with van der Waals surface area (Å²) in [6.07, 6.45) is 2.04. The van der Waals surface area contributed by atoms with E-state index in [-0.39, 0.29) is 0 Å². The van der Waals surface area contributed by atoms with Crippen molar-refractivity contribution in [3.8, 4) is 11.5 Å². The SMILES string of the molecule is CC1CN(Cc2ccc3c(c2)OCCCO3)CCC1N. The average molecular weight is 276 g/mol. The maximum absolute atomic E-state index is 6.08. The van der Waals surface area contributed by atoms with Gasteiger partial charge in [0, 0.05) is 25.6 Å². The van der Waals surface area contributed by atoms with Crippen LogP contribution >= 0.6 is 0 Å². The quantitative estimate of drug-likeness (QED) is 0.897. The summed E-state index contributed by atoms with van der Waals surface area (Å²) in [7, 11) is 0. The second-order valence-corrected chi connectivity index (χ2v) is 6.00. The molecule has 1 saturated heterocycles. The number of rotatable bonds is 2. The number of nitrogens with zero attached hydrogens (tertiary/aromatic N) is 1. The average Bonchev–Trinajstić information content (AvgIpc) is 2.68. The fourth-order valence-electron chi connectivity index (χ4n) is 2.96. The molecule has 4 heteroatoms. The molecule has 0 radical (unpaired) electrons. The van der Waals surface area contributed by atoms with Gasteiger partial charge in [0.2, 0.25) is 0 Å². The van der Waals surface area contributed by atoms with E-state index in [9.17, 15) is 0 Å². The monoisotopic (exact) mass is 276 g/mol. The zero-order valence-electron chi connectivity index (χ0n) is 12.2. The first-order chi connectivity index (χ1) is 9.72. The highest BCUT2D eigenvalue weighted by Gasteiger charge is 2.23. The van der Waals surface area contributed by atoms with Gasteiger partial charge in [-0.3, -0.25) is 4.90 Å². The van der Waals surface area contributed by atoms with E-state index in [0.717, 1.165) is 57.2 Å². The molecule has 1 aromatic carbocycles. The molecule has 1 aromatic rings. The third-order valence-corrected chi connectivity index (χ3v) is 4.27. The second-order valence-electron chi connectivity index (χ2n) is 6.00. The maximum Gasteiger partial charge on any atom is 0.161 e. The summed E-state index contributed by atoms with van der Waals surface area (Å²) in [6, 6.07) is 6.66. The third kappa shape index (κ3) is 3.07. The van der Waals surface area contributed by atoms with Crippen LogP contribution in [0.1, 0.15) is 25.3 Å². The van der Waals surface area contributed by atoms with Crippen LogP contribution in [-0.4, -0.2) is 37.2 Å². The number of hydrogen-bond acceptors (Lipinski definition) is 4. The van der Waals surface area contributed by atoms with Crippen molar-refractivity contribution >= 4 is 0 Å². The van der Waals surface area contributed by atoms with Crippen LogP contribution in [-0.2, 0) is 6.54 Å². The Hall–Kier alpha value is -1.26. The fourth-order valence-corrected chi connectivity index (χ4v) is 2.96. The van der Waals surface area contributed by atoms with Gasteiger partial charge in [-0.05, 0) is 36.6 Å². The fraction of sp³-hybridized carbons (Fsp3) is 0.625. The lowest BCUT2D eigenvalue weighted by atomic mass is 9.94. The lowest BCUT2D eigenvalue weighted by Gasteiger charge is -2.35. The minimum Gasteiger partial charge on any atom is -0.490 e. The van der Waals surface area contributed by atoms with Crippen molar-refractivity contribution < 1.29 is 9.47 Å². The van der Waals surface area contributed by atoms with E-state index in [1.807, 2.05) is 6.07 Å². The molecule has 0 amide bonds. The zero-order valence-corrected chi connectivity index (χ0v) is 12.2. The van der Waals surface area contributed by atoms with Gasteiger partial charge in [0.25, 0.3) is 0 Å². The predicted molar refractivity (Wildman–Crippen MR) is 79.1 cm³/mol. The van der Waals surface area contributed by atoms with E-state index in [1.165, 1.54) is 5.56 Å². The Bertz CT molecular complexity index is 464. The van der Waals surface area contributed by atoms with Crippen LogP contribution < -0.4 is 15.2 Å². The zero-order chi connectivity index (χ0) is 13.9. The van der Waals surface area contributed by atoms with Gasteiger partial charge in [-0.1, -0.05) is 13.0 Å². The Balaban J connectivity index is 1.67. The van der Waals surface area contributed by atoms with Crippen molar-refractivity contribution in [2.45, 2.75) is 32.4 Å². The summed E-state index contributed by atoms with van der Waals surface area (Å²) in [5.74, 6) is 2.34. The van der Waals surface area contributed by atoms with Crippen molar-refractivity contribution in [1.82, 2.24) is 4.90 Å². The van der Waals surface area contributed by atoms with E-state index < -0.39 is 0 Å². The largest absolute Gasteiger partial charge is 0.490 e. The molecule has 2 atom stereocenters. The van der Waals surface area contributed by atoms with Crippen LogP contribution in [0.5, 0.6) is 11.5 Å². The summed E-state index contributed by atoms with van der Waals surface area (Å²) in [5, 5.41) is 0. The van der Waals surface area contributed by atoms with Gasteiger partial charge in [-0.15, -0.1) is 0 Å². The Morgan fingerprint density at radius 3 is 2.85 bits per heavy atom. The van der Waals surface area contributed by atoms with Crippen LogP contribution in [0.15, 0.2) is 18.2 Å². The second kappa shape index (κ2) is 6.02. The molecule has 2 heterocycles. The molecule has 0 saturated carbocycles. The predicted octanol–water partition coefficient (Wildman–Crippen LogP) is 2.02. The van der Waals surface area contributed by atoms with Crippen LogP contribution in [0.25, 0.3) is 0 Å². The number of likely N-dealkylation sites (tertiary alicyclic amines) is 1. The number of ether oxygens (including phenoxy) is 2. The van der Waals surface area contributed by atoms with Gasteiger partial charge in [-0.2, -0.15) is 0 Å². The molecule has 0 bridgehead atoms. The lowest BCUT2D eigenvalue weighted by molar-refractivity contribution is 0.157. The van der Waals surface area contributed by atoms with E-state index >= 15 is 0 Å². The number of piperidine rings is 1. The summed E-state index contributed by atoms with van der Waals surface area (Å²) >= 11 is 0. The van der Waals surface area contributed by atoms with E-state index in [2.05, 4.69) is 24.0 Å². The Morgan fingerprint density at radius 1 is 1.25 bits per heavy atom. The molecule has 3 rings (SSSR count). The van der Waals surface area contributed by atoms with E-state index in [1.54, 1.807) is 0 Å². The number of hydrogen-bond donors (Lipinski definition) is 1. The van der Waals surface area contributed by atoms with Crippen LogP contribution in [0.4, 0.5) is 0 Å². The van der Waals surface area contributed by atoms with Gasteiger partial charge >= 0.3 is 0 Å². The van der Waals surface area contributed by atoms with Gasteiger partial charge < -0.3 is 15.2 Å². The normalized spacial score (nSPS) is 27.1. The summed E-state index contributed by atoms with van der Waals surface area (Å²) < 4.78 is 11.4. The Kier molecular flexibility index (Phi) is 4.13. The third-order valence-electron chi connectivity index (χ3n) is 4.27. The van der Waals surface area contributed by atoms with Crippen molar-refractivity contribution in [3.63, 3.8) is 0 Å². The van der Waals surface area contributed by atoms with Crippen molar-refractivity contribution in [3.05, 3.63) is 23.8 Å².